The van der Waals surface area contributed by atoms with Gasteiger partial charge in [0.25, 0.3) is 15.8 Å². The third-order valence-corrected chi connectivity index (χ3v) is 4.04. The minimum absolute atomic E-state index is 0.380. The van der Waals surface area contributed by atoms with Crippen LogP contribution in [0.3, 0.4) is 0 Å². The second-order valence-electron chi connectivity index (χ2n) is 4.06. The lowest BCUT2D eigenvalue weighted by atomic mass is 10.2. The number of hydrogen-bond donors (Lipinski definition) is 2. The molecule has 0 amide bonds. The molecule has 0 aliphatic rings. The van der Waals surface area contributed by atoms with Gasteiger partial charge in [0.05, 0.1) is 4.92 Å². The molecular weight excluding hydrogens is 423 g/mol. The lowest BCUT2D eigenvalue weighted by molar-refractivity contribution is -0.385. The summed E-state index contributed by atoms with van der Waals surface area (Å²) in [6.07, 6.45) is 0. The molecule has 0 radical (unpaired) electrons. The smallest absolute Gasteiger partial charge is 0.294 e. The Balaban J connectivity index is 0.000000235. The monoisotopic (exact) mass is 436 g/mol. The molecule has 3 N–H and O–H groups in total. The number of nitro groups is 1. The van der Waals surface area contributed by atoms with Gasteiger partial charge < -0.3 is 5.73 Å². The summed E-state index contributed by atoms with van der Waals surface area (Å²) >= 11 is 2.27. The minimum Gasteiger partial charge on any atom is -0.326 e. The molecule has 0 atom stereocenters. The van der Waals surface area contributed by atoms with Crippen LogP contribution in [0.4, 0.5) is 5.69 Å². The Hall–Kier alpha value is -1.56. The Kier molecular flexibility index (Phi) is 6.87. The van der Waals surface area contributed by atoms with Gasteiger partial charge in [0.1, 0.15) is 4.90 Å². The summed E-state index contributed by atoms with van der Waals surface area (Å²) in [5, 5.41) is 10.2. The molecule has 2 aromatic rings. The van der Waals surface area contributed by atoms with Gasteiger partial charge in [-0.3, -0.25) is 14.7 Å². The highest BCUT2D eigenvalue weighted by atomic mass is 127. The van der Waals surface area contributed by atoms with E-state index in [4.69, 9.17) is 10.3 Å². The Morgan fingerprint density at radius 3 is 2.23 bits per heavy atom. The molecule has 0 heterocycles. The van der Waals surface area contributed by atoms with Crippen LogP contribution in [0, 0.1) is 13.7 Å². The molecule has 7 nitrogen and oxygen atoms in total. The Bertz CT molecular complexity index is 747. The third kappa shape index (κ3) is 6.05. The zero-order valence-electron chi connectivity index (χ0n) is 11.2. The Labute approximate surface area is 141 Å². The molecule has 0 spiro atoms. The predicted molar refractivity (Wildman–Crippen MR) is 90.0 cm³/mol. The van der Waals surface area contributed by atoms with Crippen LogP contribution in [-0.2, 0) is 16.7 Å². The number of halogens is 1. The number of non-ortho nitro benzene ring substituents is 1. The molecule has 0 aliphatic heterocycles. The molecule has 0 aromatic heterocycles. The van der Waals surface area contributed by atoms with Crippen molar-refractivity contribution in [2.75, 3.05) is 0 Å². The summed E-state index contributed by atoms with van der Waals surface area (Å²) in [5.41, 5.74) is 6.21. The van der Waals surface area contributed by atoms with Crippen molar-refractivity contribution in [1.29, 1.82) is 0 Å². The molecule has 2 rings (SSSR count). The summed E-state index contributed by atoms with van der Waals surface area (Å²) in [7, 11) is -4.36. The van der Waals surface area contributed by atoms with Gasteiger partial charge in [-0.15, -0.1) is 0 Å². The van der Waals surface area contributed by atoms with Gasteiger partial charge in [0, 0.05) is 22.2 Å². The second kappa shape index (κ2) is 8.17. The highest BCUT2D eigenvalue weighted by Crippen LogP contribution is 2.16. The maximum atomic E-state index is 10.5. The number of rotatable bonds is 3. The first-order chi connectivity index (χ1) is 10.2. The van der Waals surface area contributed by atoms with Gasteiger partial charge in [-0.1, -0.05) is 18.2 Å². The molecular formula is C13H13IN2O5S. The fraction of sp³-hybridized carbons (Fsp3) is 0.0769. The second-order valence-corrected chi connectivity index (χ2v) is 6.73. The van der Waals surface area contributed by atoms with Crippen molar-refractivity contribution >= 4 is 38.4 Å². The number of benzene rings is 2. The van der Waals surface area contributed by atoms with Crippen molar-refractivity contribution in [3.05, 3.63) is 67.8 Å². The lowest BCUT2D eigenvalue weighted by Crippen LogP contribution is -1.98. The maximum Gasteiger partial charge on any atom is 0.294 e. The van der Waals surface area contributed by atoms with E-state index < -0.39 is 19.9 Å². The molecule has 22 heavy (non-hydrogen) atoms. The molecule has 0 bridgehead atoms. The van der Waals surface area contributed by atoms with Gasteiger partial charge in [-0.25, -0.2) is 0 Å². The van der Waals surface area contributed by atoms with E-state index in [-0.39, 0.29) is 5.69 Å². The lowest BCUT2D eigenvalue weighted by Gasteiger charge is -1.95. The predicted octanol–water partition coefficient (Wildman–Crippen LogP) is 2.59. The van der Waals surface area contributed by atoms with Gasteiger partial charge in [0.15, 0.2) is 0 Å². The van der Waals surface area contributed by atoms with Crippen LogP contribution >= 0.6 is 22.6 Å². The van der Waals surface area contributed by atoms with Gasteiger partial charge >= 0.3 is 0 Å². The van der Waals surface area contributed by atoms with E-state index in [0.717, 1.165) is 18.2 Å². The van der Waals surface area contributed by atoms with Crippen LogP contribution < -0.4 is 5.73 Å². The van der Waals surface area contributed by atoms with Crippen LogP contribution in [-0.4, -0.2) is 17.9 Å². The van der Waals surface area contributed by atoms with Crippen LogP contribution in [0.2, 0.25) is 0 Å². The summed E-state index contributed by atoms with van der Waals surface area (Å²) in [6, 6.07) is 12.4. The highest BCUT2D eigenvalue weighted by molar-refractivity contribution is 14.1. The van der Waals surface area contributed by atoms with Crippen molar-refractivity contribution in [3.8, 4) is 0 Å². The molecule has 0 aliphatic carbocycles. The van der Waals surface area contributed by atoms with Crippen molar-refractivity contribution in [2.45, 2.75) is 11.4 Å². The van der Waals surface area contributed by atoms with Crippen LogP contribution in [0.25, 0.3) is 0 Å². The average molecular weight is 436 g/mol. The molecule has 0 saturated heterocycles. The number of hydrogen-bond acceptors (Lipinski definition) is 5. The van der Waals surface area contributed by atoms with Crippen molar-refractivity contribution in [1.82, 2.24) is 0 Å². The van der Waals surface area contributed by atoms with E-state index in [2.05, 4.69) is 34.7 Å². The number of nitrogens with zero attached hydrogens (tertiary/aromatic N) is 1. The topological polar surface area (TPSA) is 124 Å². The molecule has 118 valence electrons. The zero-order valence-corrected chi connectivity index (χ0v) is 14.2. The summed E-state index contributed by atoms with van der Waals surface area (Å²) in [4.78, 5) is 8.98. The Morgan fingerprint density at radius 2 is 1.77 bits per heavy atom. The van der Waals surface area contributed by atoms with Gasteiger partial charge in [0.2, 0.25) is 0 Å². The van der Waals surface area contributed by atoms with Crippen LogP contribution in [0.1, 0.15) is 5.56 Å². The van der Waals surface area contributed by atoms with E-state index in [9.17, 15) is 18.5 Å². The quantitative estimate of drug-likeness (QED) is 0.330. The van der Waals surface area contributed by atoms with E-state index in [0.29, 0.717) is 6.54 Å². The van der Waals surface area contributed by atoms with Crippen molar-refractivity contribution in [3.63, 3.8) is 0 Å². The van der Waals surface area contributed by atoms with E-state index in [1.165, 1.54) is 15.2 Å². The number of nitrogens with two attached hydrogens (primary N) is 1. The van der Waals surface area contributed by atoms with Crippen LogP contribution in [0.15, 0.2) is 53.4 Å². The Morgan fingerprint density at radius 1 is 1.18 bits per heavy atom. The maximum absolute atomic E-state index is 10.5. The van der Waals surface area contributed by atoms with E-state index in [1.807, 2.05) is 12.1 Å². The standard InChI is InChI=1S/C7H8IN.C6H5NO5S/c8-7-3-1-6(5-9)2-4-7;8-7(9)5-2-1-3-6(4-5)13(10,11)12/h1-4H,5,9H2;1-4H,(H,10,11,12). The van der Waals surface area contributed by atoms with Crippen molar-refractivity contribution in [2.24, 2.45) is 5.73 Å². The SMILES string of the molecule is NCc1ccc(I)cc1.O=[N+]([O-])c1cccc(S(=O)(=O)O)c1. The average Bonchev–Trinajstić information content (AvgIpc) is 2.48. The van der Waals surface area contributed by atoms with Gasteiger partial charge in [-0.05, 0) is 46.4 Å². The molecule has 9 heteroatoms. The fourth-order valence-corrected chi connectivity index (χ4v) is 2.26. The first kappa shape index (κ1) is 18.5. The summed E-state index contributed by atoms with van der Waals surface area (Å²) in [6.45, 7) is 0.636. The first-order valence-electron chi connectivity index (χ1n) is 5.90. The van der Waals surface area contributed by atoms with E-state index in [1.54, 1.807) is 0 Å². The minimum atomic E-state index is -4.36. The van der Waals surface area contributed by atoms with E-state index >= 15 is 0 Å². The third-order valence-electron chi connectivity index (χ3n) is 2.48. The van der Waals surface area contributed by atoms with Gasteiger partial charge in [-0.2, -0.15) is 8.42 Å². The molecule has 0 saturated carbocycles. The summed E-state index contributed by atoms with van der Waals surface area (Å²) < 4.78 is 30.9. The fourth-order valence-electron chi connectivity index (χ4n) is 1.38. The zero-order chi connectivity index (χ0) is 16.8. The summed E-state index contributed by atoms with van der Waals surface area (Å²) in [5.74, 6) is 0. The number of nitro benzene ring substituents is 1. The normalized spacial score (nSPS) is 10.5. The largest absolute Gasteiger partial charge is 0.326 e. The molecule has 0 unspecified atom stereocenters. The highest BCUT2D eigenvalue weighted by Gasteiger charge is 2.13. The molecule has 0 fully saturated rings. The molecule has 2 aromatic carbocycles. The van der Waals surface area contributed by atoms with Crippen molar-refractivity contribution < 1.29 is 17.9 Å². The first-order valence-corrected chi connectivity index (χ1v) is 8.42. The van der Waals surface area contributed by atoms with Crippen LogP contribution in [0.5, 0.6) is 0 Å².